The Morgan fingerprint density at radius 2 is 0.422 bits per heavy atom. The zero-order chi connectivity index (χ0) is 32.3. The topological polar surface area (TPSA) is 0 Å². The van der Waals surface area contributed by atoms with Crippen LogP contribution in [-0.2, 0) is 0 Å². The van der Waals surface area contributed by atoms with Crippen molar-refractivity contribution in [2.75, 3.05) is 54.9 Å². The summed E-state index contributed by atoms with van der Waals surface area (Å²) in [6.07, 6.45) is 43.4. The Labute approximate surface area is 301 Å². The molecule has 4 heteroatoms. The fraction of sp³-hybridized carbons (Fsp3) is 1.00. The van der Waals surface area contributed by atoms with E-state index in [1.54, 1.807) is 0 Å². The molecule has 0 saturated heterocycles. The van der Waals surface area contributed by atoms with E-state index in [2.05, 4.69) is 56.0 Å². The van der Waals surface area contributed by atoms with Crippen molar-refractivity contribution in [2.24, 2.45) is 0 Å². The van der Waals surface area contributed by atoms with Gasteiger partial charge in [-0.1, -0.05) is 175 Å². The first-order valence-corrected chi connectivity index (χ1v) is 20.3. The van der Waals surface area contributed by atoms with E-state index in [0.717, 1.165) is 4.48 Å². The van der Waals surface area contributed by atoms with Crippen LogP contribution in [0.25, 0.3) is 0 Å². The Balaban J connectivity index is -0.000000402. The van der Waals surface area contributed by atoms with Crippen molar-refractivity contribution in [3.8, 4) is 0 Å². The van der Waals surface area contributed by atoms with Gasteiger partial charge in [-0.2, -0.15) is 0 Å². The Kier molecular flexibility index (Phi) is 47.3. The molecular formula is C41H90Cl2N2. The number of rotatable bonds is 33. The SMILES string of the molecule is CCCCCCCCCCCC[N+](C)(C)C.CCCCCCCCCCCC[N+](C)(C)CCCCCCCCCCCC.[Cl-].[Cl-]. The van der Waals surface area contributed by atoms with Crippen LogP contribution in [0.4, 0.5) is 0 Å². The summed E-state index contributed by atoms with van der Waals surface area (Å²) in [5, 5.41) is 0. The lowest BCUT2D eigenvalue weighted by molar-refractivity contribution is -0.890. The summed E-state index contributed by atoms with van der Waals surface area (Å²) in [6.45, 7) is 11.0. The smallest absolute Gasteiger partial charge is 0.0782 e. The van der Waals surface area contributed by atoms with Gasteiger partial charge in [-0.3, -0.25) is 0 Å². The molecule has 0 rings (SSSR count). The molecule has 0 bridgehead atoms. The molecule has 0 N–H and O–H groups in total. The maximum Gasteiger partial charge on any atom is 0.0782 e. The molecule has 0 atom stereocenters. The van der Waals surface area contributed by atoms with Crippen LogP contribution < -0.4 is 24.8 Å². The van der Waals surface area contributed by atoms with Crippen LogP contribution in [0.5, 0.6) is 0 Å². The van der Waals surface area contributed by atoms with Gasteiger partial charge in [0.15, 0.2) is 0 Å². The normalized spacial score (nSPS) is 11.5. The fourth-order valence-electron chi connectivity index (χ4n) is 6.24. The molecule has 0 amide bonds. The molecule has 0 spiro atoms. The zero-order valence-corrected chi connectivity index (χ0v) is 34.5. The van der Waals surface area contributed by atoms with Crippen LogP contribution in [0.1, 0.15) is 213 Å². The molecule has 0 aliphatic rings. The highest BCUT2D eigenvalue weighted by Gasteiger charge is 2.13. The van der Waals surface area contributed by atoms with Gasteiger partial charge in [-0.05, 0) is 38.5 Å². The third-order valence-corrected chi connectivity index (χ3v) is 9.42. The molecule has 2 nitrogen and oxygen atoms in total. The van der Waals surface area contributed by atoms with E-state index in [1.807, 2.05) is 0 Å². The number of halogens is 2. The molecule has 0 unspecified atom stereocenters. The zero-order valence-electron chi connectivity index (χ0n) is 33.0. The van der Waals surface area contributed by atoms with Crippen molar-refractivity contribution < 1.29 is 33.8 Å². The molecule has 278 valence electrons. The van der Waals surface area contributed by atoms with Crippen molar-refractivity contribution in [1.29, 1.82) is 0 Å². The quantitative estimate of drug-likeness (QED) is 0.0497. The minimum Gasteiger partial charge on any atom is -1.00 e. The summed E-state index contributed by atoms with van der Waals surface area (Å²) in [4.78, 5) is 0. The highest BCUT2D eigenvalue weighted by Crippen LogP contribution is 2.14. The van der Waals surface area contributed by atoms with Gasteiger partial charge in [0.1, 0.15) is 0 Å². The Morgan fingerprint density at radius 3 is 0.622 bits per heavy atom. The molecular weight excluding hydrogens is 591 g/mol. The average Bonchev–Trinajstić information content (AvgIpc) is 2.96. The lowest BCUT2D eigenvalue weighted by Crippen LogP contribution is -3.00. The number of unbranched alkanes of at least 4 members (excludes halogenated alkanes) is 27. The summed E-state index contributed by atoms with van der Waals surface area (Å²) in [7, 11) is 11.7. The third kappa shape index (κ3) is 51.5. The van der Waals surface area contributed by atoms with Gasteiger partial charge in [-0.15, -0.1) is 0 Å². The summed E-state index contributed by atoms with van der Waals surface area (Å²) < 4.78 is 2.37. The van der Waals surface area contributed by atoms with Crippen LogP contribution in [0, 0.1) is 0 Å². The summed E-state index contributed by atoms with van der Waals surface area (Å²) in [6, 6.07) is 0. The Bertz CT molecular complexity index is 478. The van der Waals surface area contributed by atoms with E-state index in [-0.39, 0.29) is 24.8 Å². The summed E-state index contributed by atoms with van der Waals surface area (Å²) >= 11 is 0. The Hall–Kier alpha value is 0.500. The van der Waals surface area contributed by atoms with Crippen molar-refractivity contribution >= 4 is 0 Å². The van der Waals surface area contributed by atoms with E-state index in [0.29, 0.717) is 0 Å². The van der Waals surface area contributed by atoms with Crippen LogP contribution in [0.15, 0.2) is 0 Å². The van der Waals surface area contributed by atoms with Crippen molar-refractivity contribution in [2.45, 2.75) is 213 Å². The minimum absolute atomic E-state index is 0. The van der Waals surface area contributed by atoms with E-state index >= 15 is 0 Å². The van der Waals surface area contributed by atoms with Crippen LogP contribution in [0.2, 0.25) is 0 Å². The van der Waals surface area contributed by atoms with Crippen LogP contribution >= 0.6 is 0 Å². The van der Waals surface area contributed by atoms with Crippen molar-refractivity contribution in [1.82, 2.24) is 0 Å². The van der Waals surface area contributed by atoms with E-state index in [1.165, 1.54) is 217 Å². The minimum atomic E-state index is 0. The van der Waals surface area contributed by atoms with Gasteiger partial charge in [0, 0.05) is 0 Å². The predicted octanol–water partition coefficient (Wildman–Crippen LogP) is 7.53. The molecule has 0 radical (unpaired) electrons. The second kappa shape index (κ2) is 40.7. The highest BCUT2D eigenvalue weighted by molar-refractivity contribution is 4.50. The van der Waals surface area contributed by atoms with Gasteiger partial charge >= 0.3 is 0 Å². The first-order chi connectivity index (χ1) is 20.7. The number of hydrogen-bond donors (Lipinski definition) is 0. The first kappa shape index (κ1) is 52.3. The fourth-order valence-corrected chi connectivity index (χ4v) is 6.24. The standard InChI is InChI=1S/C26H56N.C15H34N.2ClH/c1-5-7-9-11-13-15-17-19-21-23-25-27(3,4)26-24-22-20-18-16-14-12-10-8-6-2;1-5-6-7-8-9-10-11-12-13-14-15-16(2,3)4;;/h5-26H2,1-4H3;5-15H2,1-4H3;2*1H/q2*+1;;/p-2. The van der Waals surface area contributed by atoms with E-state index < -0.39 is 0 Å². The molecule has 0 fully saturated rings. The lowest BCUT2D eigenvalue weighted by atomic mass is 10.1. The molecule has 0 aromatic rings. The second-order valence-electron chi connectivity index (χ2n) is 15.9. The molecule has 0 aliphatic carbocycles. The maximum atomic E-state index is 2.45. The monoisotopic (exact) mass is 681 g/mol. The maximum absolute atomic E-state index is 2.45. The van der Waals surface area contributed by atoms with Gasteiger partial charge in [0.2, 0.25) is 0 Å². The number of quaternary nitrogens is 2. The first-order valence-electron chi connectivity index (χ1n) is 20.3. The van der Waals surface area contributed by atoms with E-state index in [9.17, 15) is 0 Å². The molecule has 0 aromatic carbocycles. The third-order valence-electron chi connectivity index (χ3n) is 9.42. The van der Waals surface area contributed by atoms with Crippen molar-refractivity contribution in [3.05, 3.63) is 0 Å². The lowest BCUT2D eigenvalue weighted by Gasteiger charge is -2.30. The van der Waals surface area contributed by atoms with Crippen LogP contribution in [-0.4, -0.2) is 63.8 Å². The molecule has 45 heavy (non-hydrogen) atoms. The molecule has 0 saturated carbocycles. The Morgan fingerprint density at radius 1 is 0.244 bits per heavy atom. The number of nitrogens with zero attached hydrogens (tertiary/aromatic N) is 2. The van der Waals surface area contributed by atoms with Crippen LogP contribution in [0.3, 0.4) is 0 Å². The van der Waals surface area contributed by atoms with Gasteiger partial charge in [0.25, 0.3) is 0 Å². The largest absolute Gasteiger partial charge is 1.00 e. The molecule has 0 aliphatic heterocycles. The van der Waals surface area contributed by atoms with Gasteiger partial charge in [-0.25, -0.2) is 0 Å². The van der Waals surface area contributed by atoms with Gasteiger partial charge < -0.3 is 33.8 Å². The van der Waals surface area contributed by atoms with Gasteiger partial charge in [0.05, 0.1) is 54.9 Å². The second-order valence-corrected chi connectivity index (χ2v) is 15.9. The van der Waals surface area contributed by atoms with E-state index in [4.69, 9.17) is 0 Å². The summed E-state index contributed by atoms with van der Waals surface area (Å²) in [5.41, 5.74) is 0. The highest BCUT2D eigenvalue weighted by atomic mass is 35.5. The predicted molar refractivity (Wildman–Crippen MR) is 200 cm³/mol. The molecule has 0 aromatic heterocycles. The average molecular weight is 682 g/mol. The number of hydrogen-bond acceptors (Lipinski definition) is 0. The summed E-state index contributed by atoms with van der Waals surface area (Å²) in [5.74, 6) is 0. The molecule has 0 heterocycles. The van der Waals surface area contributed by atoms with Crippen molar-refractivity contribution in [3.63, 3.8) is 0 Å².